The average Bonchev–Trinajstić information content (AvgIpc) is 2.66. The van der Waals surface area contributed by atoms with Crippen molar-refractivity contribution >= 4 is 27.3 Å². The van der Waals surface area contributed by atoms with Crippen LogP contribution in [0.15, 0.2) is 53.4 Å². The summed E-state index contributed by atoms with van der Waals surface area (Å²) in [6, 6.07) is 14.0. The molecule has 6 nitrogen and oxygen atoms in total. The molecule has 0 aromatic heterocycles. The Kier molecular flexibility index (Phi) is 7.34. The molecule has 28 heavy (non-hydrogen) atoms. The second-order valence-electron chi connectivity index (χ2n) is 6.69. The highest BCUT2D eigenvalue weighted by Crippen LogP contribution is 2.16. The Bertz CT molecular complexity index is 937. The Balaban J connectivity index is 1.90. The number of hydrogen-bond donors (Lipinski definition) is 1. The Morgan fingerprint density at radius 3 is 2.32 bits per heavy atom. The van der Waals surface area contributed by atoms with E-state index in [0.717, 1.165) is 23.2 Å². The fourth-order valence-corrected chi connectivity index (χ4v) is 3.95. The van der Waals surface area contributed by atoms with Crippen molar-refractivity contribution in [2.24, 2.45) is 0 Å². The van der Waals surface area contributed by atoms with E-state index in [-0.39, 0.29) is 29.5 Å². The van der Waals surface area contributed by atoms with Crippen molar-refractivity contribution in [3.63, 3.8) is 0 Å². The number of rotatable bonds is 8. The number of nitrogens with one attached hydrogen (secondary N) is 1. The predicted molar refractivity (Wildman–Crippen MR) is 110 cm³/mol. The highest BCUT2D eigenvalue weighted by atomic mass is 32.2. The third kappa shape index (κ3) is 5.92. The van der Waals surface area contributed by atoms with E-state index in [0.29, 0.717) is 0 Å². The van der Waals surface area contributed by atoms with Crippen LogP contribution in [0.25, 0.3) is 0 Å². The van der Waals surface area contributed by atoms with Crippen LogP contribution in [0.4, 0.5) is 5.69 Å². The first-order chi connectivity index (χ1) is 13.2. The van der Waals surface area contributed by atoms with E-state index < -0.39 is 15.7 Å². The van der Waals surface area contributed by atoms with Crippen LogP contribution in [-0.4, -0.2) is 44.5 Å². The maximum absolute atomic E-state index is 12.4. The molecule has 0 aliphatic rings. The second kappa shape index (κ2) is 9.50. The van der Waals surface area contributed by atoms with Crippen molar-refractivity contribution in [2.45, 2.75) is 31.6 Å². The smallest absolute Gasteiger partial charge is 0.243 e. The van der Waals surface area contributed by atoms with Gasteiger partial charge in [-0.2, -0.15) is 0 Å². The highest BCUT2D eigenvalue weighted by molar-refractivity contribution is 7.91. The number of sulfone groups is 1. The van der Waals surface area contributed by atoms with E-state index in [4.69, 9.17) is 0 Å². The summed E-state index contributed by atoms with van der Waals surface area (Å²) in [6.07, 6.45) is 0.605. The van der Waals surface area contributed by atoms with E-state index in [9.17, 15) is 18.0 Å². The van der Waals surface area contributed by atoms with Gasteiger partial charge < -0.3 is 10.2 Å². The van der Waals surface area contributed by atoms with Crippen LogP contribution in [0.5, 0.6) is 0 Å². The van der Waals surface area contributed by atoms with Crippen LogP contribution in [0.1, 0.15) is 24.5 Å². The monoisotopic (exact) mass is 402 g/mol. The van der Waals surface area contributed by atoms with Gasteiger partial charge in [0.1, 0.15) is 0 Å². The van der Waals surface area contributed by atoms with Crippen LogP contribution in [-0.2, 0) is 25.8 Å². The molecule has 150 valence electrons. The highest BCUT2D eigenvalue weighted by Gasteiger charge is 2.19. The van der Waals surface area contributed by atoms with E-state index in [2.05, 4.69) is 5.32 Å². The number of amides is 2. The molecule has 0 saturated carbocycles. The van der Waals surface area contributed by atoms with E-state index >= 15 is 0 Å². The number of hydrogen-bond acceptors (Lipinski definition) is 4. The molecule has 2 amide bonds. The van der Waals surface area contributed by atoms with Gasteiger partial charge in [0, 0.05) is 19.2 Å². The third-order valence-corrected chi connectivity index (χ3v) is 6.18. The molecule has 0 saturated heterocycles. The summed E-state index contributed by atoms with van der Waals surface area (Å²) in [6.45, 7) is 3.73. The Labute approximate surface area is 166 Å². The number of anilines is 1. The number of aryl methyl sites for hydroxylation is 2. The Morgan fingerprint density at radius 1 is 1.04 bits per heavy atom. The lowest BCUT2D eigenvalue weighted by Gasteiger charge is -2.17. The van der Waals surface area contributed by atoms with E-state index in [1.54, 1.807) is 12.1 Å². The first kappa shape index (κ1) is 21.6. The van der Waals surface area contributed by atoms with Gasteiger partial charge in [0.25, 0.3) is 0 Å². The molecule has 2 aromatic carbocycles. The van der Waals surface area contributed by atoms with Crippen molar-refractivity contribution in [2.75, 3.05) is 24.7 Å². The second-order valence-corrected chi connectivity index (χ2v) is 8.80. The molecule has 0 unspecified atom stereocenters. The van der Waals surface area contributed by atoms with Crippen molar-refractivity contribution < 1.29 is 18.0 Å². The van der Waals surface area contributed by atoms with Crippen LogP contribution < -0.4 is 5.32 Å². The minimum atomic E-state index is -3.54. The molecule has 2 aromatic rings. The molecular weight excluding hydrogens is 376 g/mol. The predicted octanol–water partition coefficient (Wildman–Crippen LogP) is 2.82. The lowest BCUT2D eigenvalue weighted by atomic mass is 10.1. The number of likely N-dealkylation sites (N-methyl/N-ethyl adjacent to an activating group) is 1. The fourth-order valence-electron chi connectivity index (χ4n) is 2.72. The molecule has 0 atom stereocenters. The molecule has 0 aliphatic carbocycles. The van der Waals surface area contributed by atoms with Crippen LogP contribution >= 0.6 is 0 Å². The summed E-state index contributed by atoms with van der Waals surface area (Å²) in [5.74, 6) is -1.01. The van der Waals surface area contributed by atoms with E-state index in [1.165, 1.54) is 24.1 Å². The van der Waals surface area contributed by atoms with Crippen LogP contribution in [0.2, 0.25) is 0 Å². The van der Waals surface area contributed by atoms with E-state index in [1.807, 2.05) is 38.1 Å². The van der Waals surface area contributed by atoms with Gasteiger partial charge in [-0.1, -0.05) is 42.8 Å². The molecule has 0 fully saturated rings. The van der Waals surface area contributed by atoms with Gasteiger partial charge >= 0.3 is 0 Å². The number of para-hydroxylation sites is 1. The lowest BCUT2D eigenvalue weighted by molar-refractivity contribution is -0.132. The molecular formula is C21H26N2O4S. The number of benzene rings is 2. The van der Waals surface area contributed by atoms with Crippen LogP contribution in [0.3, 0.4) is 0 Å². The van der Waals surface area contributed by atoms with Crippen molar-refractivity contribution in [3.05, 3.63) is 59.7 Å². The van der Waals surface area contributed by atoms with Crippen molar-refractivity contribution in [1.29, 1.82) is 0 Å². The first-order valence-corrected chi connectivity index (χ1v) is 10.8. The average molecular weight is 403 g/mol. The molecule has 0 radical (unpaired) electrons. The van der Waals surface area contributed by atoms with Crippen molar-refractivity contribution in [1.82, 2.24) is 4.90 Å². The standard InChI is InChI=1S/C21H26N2O4S/c1-4-17-7-5-6-8-19(17)22-20(24)15-23(3)21(25)13-14-28(26,27)18-11-9-16(2)10-12-18/h5-12H,4,13-15H2,1-3H3,(H,22,24). The zero-order valence-electron chi connectivity index (χ0n) is 16.4. The number of nitrogens with zero attached hydrogens (tertiary/aromatic N) is 1. The summed E-state index contributed by atoms with van der Waals surface area (Å²) in [4.78, 5) is 25.9. The number of carbonyl (C=O) groups excluding carboxylic acids is 2. The Morgan fingerprint density at radius 2 is 1.68 bits per heavy atom. The first-order valence-electron chi connectivity index (χ1n) is 9.14. The zero-order chi connectivity index (χ0) is 20.7. The normalized spacial score (nSPS) is 11.1. The number of carbonyl (C=O) groups is 2. The van der Waals surface area contributed by atoms with Gasteiger partial charge in [0.2, 0.25) is 11.8 Å². The maximum Gasteiger partial charge on any atom is 0.243 e. The van der Waals surface area contributed by atoms with Gasteiger partial charge in [-0.25, -0.2) is 8.42 Å². The molecule has 0 spiro atoms. The maximum atomic E-state index is 12.4. The molecule has 0 heterocycles. The van der Waals surface area contributed by atoms with Crippen LogP contribution in [0, 0.1) is 6.92 Å². The Hall–Kier alpha value is -2.67. The zero-order valence-corrected chi connectivity index (χ0v) is 17.3. The minimum Gasteiger partial charge on any atom is -0.336 e. The van der Waals surface area contributed by atoms with Gasteiger partial charge in [-0.15, -0.1) is 0 Å². The minimum absolute atomic E-state index is 0.137. The third-order valence-electron chi connectivity index (χ3n) is 4.44. The SMILES string of the molecule is CCc1ccccc1NC(=O)CN(C)C(=O)CCS(=O)(=O)c1ccc(C)cc1. The summed E-state index contributed by atoms with van der Waals surface area (Å²) in [5, 5.41) is 2.80. The summed E-state index contributed by atoms with van der Waals surface area (Å²) >= 11 is 0. The topological polar surface area (TPSA) is 83.6 Å². The molecule has 7 heteroatoms. The van der Waals surface area contributed by atoms with Gasteiger partial charge in [0.15, 0.2) is 9.84 Å². The summed E-state index contributed by atoms with van der Waals surface area (Å²) in [7, 11) is -2.05. The molecule has 0 aliphatic heterocycles. The molecule has 1 N–H and O–H groups in total. The largest absolute Gasteiger partial charge is 0.336 e. The van der Waals surface area contributed by atoms with Gasteiger partial charge in [0.05, 0.1) is 17.2 Å². The molecule has 0 bridgehead atoms. The lowest BCUT2D eigenvalue weighted by Crippen LogP contribution is -2.35. The van der Waals surface area contributed by atoms with Gasteiger partial charge in [-0.05, 0) is 37.1 Å². The van der Waals surface area contributed by atoms with Gasteiger partial charge in [-0.3, -0.25) is 9.59 Å². The summed E-state index contributed by atoms with van der Waals surface area (Å²) in [5.41, 5.74) is 2.69. The fraction of sp³-hybridized carbons (Fsp3) is 0.333. The van der Waals surface area contributed by atoms with Crippen molar-refractivity contribution in [3.8, 4) is 0 Å². The molecule has 2 rings (SSSR count). The summed E-state index contributed by atoms with van der Waals surface area (Å²) < 4.78 is 24.7. The quantitative estimate of drug-likeness (QED) is 0.736.